The number of H-pyrrole nitrogens is 1. The predicted molar refractivity (Wildman–Crippen MR) is 83.9 cm³/mol. The minimum atomic E-state index is 0.485. The summed E-state index contributed by atoms with van der Waals surface area (Å²) in [6.07, 6.45) is 10.3. The first-order valence-electron chi connectivity index (χ1n) is 7.07. The summed E-state index contributed by atoms with van der Waals surface area (Å²) in [5.74, 6) is 1.09. The van der Waals surface area contributed by atoms with Crippen molar-refractivity contribution in [1.29, 1.82) is 0 Å². The average molecular weight is 347 g/mol. The van der Waals surface area contributed by atoms with Crippen molar-refractivity contribution in [2.24, 2.45) is 0 Å². The van der Waals surface area contributed by atoms with Gasteiger partial charge >= 0.3 is 0 Å². The van der Waals surface area contributed by atoms with Crippen LogP contribution >= 0.6 is 15.9 Å². The van der Waals surface area contributed by atoms with Crippen LogP contribution in [0.3, 0.4) is 0 Å². The van der Waals surface area contributed by atoms with E-state index in [1.165, 1.54) is 25.7 Å². The molecule has 1 aliphatic carbocycles. The van der Waals surface area contributed by atoms with E-state index in [0.29, 0.717) is 11.7 Å². The van der Waals surface area contributed by atoms with E-state index in [4.69, 9.17) is 10.7 Å². The number of anilines is 1. The van der Waals surface area contributed by atoms with Crippen molar-refractivity contribution in [3.63, 3.8) is 0 Å². The summed E-state index contributed by atoms with van der Waals surface area (Å²) >= 11 is 3.60. The summed E-state index contributed by atoms with van der Waals surface area (Å²) in [4.78, 5) is 4.87. The van der Waals surface area contributed by atoms with Crippen molar-refractivity contribution >= 4 is 27.4 Å². The Kier molecular flexibility index (Phi) is 2.95. The van der Waals surface area contributed by atoms with Gasteiger partial charge in [0.15, 0.2) is 5.65 Å². The average Bonchev–Trinajstić information content (AvgIpc) is 3.22. The maximum Gasteiger partial charge on any atom is 0.165 e. The van der Waals surface area contributed by atoms with E-state index in [1.807, 2.05) is 6.20 Å². The lowest BCUT2D eigenvalue weighted by molar-refractivity contribution is 0.691. The number of halogens is 1. The van der Waals surface area contributed by atoms with Crippen molar-refractivity contribution in [3.05, 3.63) is 28.8 Å². The van der Waals surface area contributed by atoms with Gasteiger partial charge in [0.1, 0.15) is 5.82 Å². The lowest BCUT2D eigenvalue weighted by atomic mass is 10.0. The molecule has 0 amide bonds. The second kappa shape index (κ2) is 4.84. The molecule has 0 radical (unpaired) electrons. The summed E-state index contributed by atoms with van der Waals surface area (Å²) in [5.41, 5.74) is 10.0. The van der Waals surface area contributed by atoms with Gasteiger partial charge in [0.2, 0.25) is 0 Å². The van der Waals surface area contributed by atoms with E-state index in [-0.39, 0.29) is 0 Å². The van der Waals surface area contributed by atoms with Crippen LogP contribution in [-0.2, 0) is 0 Å². The topological polar surface area (TPSA) is 84.9 Å². The molecule has 3 heterocycles. The van der Waals surface area contributed by atoms with Crippen LogP contribution in [-0.4, -0.2) is 24.8 Å². The molecule has 0 unspecified atom stereocenters. The van der Waals surface area contributed by atoms with Gasteiger partial charge in [0, 0.05) is 23.2 Å². The first-order chi connectivity index (χ1) is 10.3. The molecule has 1 fully saturated rings. The molecular formula is C14H15BrN6. The van der Waals surface area contributed by atoms with Crippen LogP contribution in [0.25, 0.3) is 16.8 Å². The molecule has 1 saturated carbocycles. The Hall–Kier alpha value is -1.89. The highest BCUT2D eigenvalue weighted by atomic mass is 79.9. The summed E-state index contributed by atoms with van der Waals surface area (Å²) < 4.78 is 2.56. The number of nitrogens with two attached hydrogens (primary N) is 1. The van der Waals surface area contributed by atoms with Gasteiger partial charge in [-0.25, -0.2) is 4.98 Å². The van der Waals surface area contributed by atoms with Crippen molar-refractivity contribution in [3.8, 4) is 11.1 Å². The number of hydrogen-bond acceptors (Lipinski definition) is 4. The maximum absolute atomic E-state index is 6.24. The number of rotatable bonds is 2. The molecule has 3 aromatic rings. The number of nitrogen functional groups attached to an aromatic ring is 1. The monoisotopic (exact) mass is 346 g/mol. The van der Waals surface area contributed by atoms with Crippen molar-refractivity contribution in [1.82, 2.24) is 24.8 Å². The molecule has 21 heavy (non-hydrogen) atoms. The first-order valence-corrected chi connectivity index (χ1v) is 7.86. The quantitative estimate of drug-likeness (QED) is 0.746. The number of aromatic amines is 1. The van der Waals surface area contributed by atoms with E-state index in [0.717, 1.165) is 26.9 Å². The third kappa shape index (κ3) is 1.95. The third-order valence-corrected chi connectivity index (χ3v) is 5.01. The zero-order valence-electron chi connectivity index (χ0n) is 11.4. The second-order valence-electron chi connectivity index (χ2n) is 5.46. The molecule has 4 rings (SSSR count). The molecular weight excluding hydrogens is 332 g/mol. The van der Waals surface area contributed by atoms with E-state index in [2.05, 4.69) is 31.2 Å². The molecule has 0 saturated heterocycles. The van der Waals surface area contributed by atoms with Gasteiger partial charge in [-0.3, -0.25) is 5.10 Å². The number of nitrogens with zero attached hydrogens (tertiary/aromatic N) is 4. The SMILES string of the molecule is Nc1c(Br)c(C2CCCC2)nc2c(-c3cn[nH]c3)cnn12. The molecule has 108 valence electrons. The van der Waals surface area contributed by atoms with E-state index in [9.17, 15) is 0 Å². The Labute approximate surface area is 129 Å². The van der Waals surface area contributed by atoms with Gasteiger partial charge in [0.05, 0.1) is 22.6 Å². The molecule has 7 heteroatoms. The van der Waals surface area contributed by atoms with Crippen molar-refractivity contribution in [2.75, 3.05) is 5.73 Å². The summed E-state index contributed by atoms with van der Waals surface area (Å²) in [5, 5.41) is 11.2. The fraction of sp³-hybridized carbons (Fsp3) is 0.357. The first kappa shape index (κ1) is 12.8. The van der Waals surface area contributed by atoms with Crippen molar-refractivity contribution < 1.29 is 0 Å². The highest BCUT2D eigenvalue weighted by molar-refractivity contribution is 9.10. The van der Waals surface area contributed by atoms with Crippen molar-refractivity contribution in [2.45, 2.75) is 31.6 Å². The Morgan fingerprint density at radius 1 is 1.29 bits per heavy atom. The normalized spacial score (nSPS) is 16.0. The highest BCUT2D eigenvalue weighted by Gasteiger charge is 2.24. The Morgan fingerprint density at radius 3 is 2.81 bits per heavy atom. The molecule has 0 aliphatic heterocycles. The highest BCUT2D eigenvalue weighted by Crippen LogP contribution is 2.39. The van der Waals surface area contributed by atoms with Gasteiger partial charge in [0.25, 0.3) is 0 Å². The molecule has 0 bridgehead atoms. The molecule has 3 N–H and O–H groups in total. The van der Waals surface area contributed by atoms with Crippen LogP contribution in [0.4, 0.5) is 5.82 Å². The molecule has 6 nitrogen and oxygen atoms in total. The summed E-state index contributed by atoms with van der Waals surface area (Å²) in [6.45, 7) is 0. The zero-order valence-corrected chi connectivity index (χ0v) is 13.0. The number of nitrogens with one attached hydrogen (secondary N) is 1. The van der Waals surface area contributed by atoms with Crippen LogP contribution in [0.15, 0.2) is 23.1 Å². The fourth-order valence-corrected chi connectivity index (χ4v) is 3.67. The third-order valence-electron chi connectivity index (χ3n) is 4.20. The number of hydrogen-bond donors (Lipinski definition) is 2. The smallest absolute Gasteiger partial charge is 0.165 e. The van der Waals surface area contributed by atoms with Gasteiger partial charge < -0.3 is 5.73 Å². The summed E-state index contributed by atoms with van der Waals surface area (Å²) in [6, 6.07) is 0. The molecule has 1 aliphatic rings. The molecule has 0 aromatic carbocycles. The Bertz CT molecular complexity index is 786. The van der Waals surface area contributed by atoms with Gasteiger partial charge in [-0.2, -0.15) is 14.7 Å². The lowest BCUT2D eigenvalue weighted by Gasteiger charge is -2.13. The standard InChI is InChI=1S/C14H15BrN6/c15-11-12(8-3-1-2-4-8)20-14-10(9-5-17-18-6-9)7-19-21(14)13(11)16/h5-8H,1-4,16H2,(H,17,18). The maximum atomic E-state index is 6.24. The van der Waals surface area contributed by atoms with Crippen LogP contribution in [0.2, 0.25) is 0 Å². The minimum Gasteiger partial charge on any atom is -0.383 e. The van der Waals surface area contributed by atoms with E-state index < -0.39 is 0 Å². The Morgan fingerprint density at radius 2 is 2.10 bits per heavy atom. The molecule has 3 aromatic heterocycles. The Balaban J connectivity index is 1.95. The molecule has 0 spiro atoms. The minimum absolute atomic E-state index is 0.485. The van der Waals surface area contributed by atoms with Gasteiger partial charge in [-0.15, -0.1) is 0 Å². The lowest BCUT2D eigenvalue weighted by Crippen LogP contribution is -2.07. The van der Waals surface area contributed by atoms with Crippen LogP contribution in [0.1, 0.15) is 37.3 Å². The fourth-order valence-electron chi connectivity index (χ4n) is 3.08. The number of fused-ring (bicyclic) bond motifs is 1. The zero-order chi connectivity index (χ0) is 14.4. The predicted octanol–water partition coefficient (Wildman–Crippen LogP) is 3.12. The van der Waals surface area contributed by atoms with E-state index in [1.54, 1.807) is 16.9 Å². The van der Waals surface area contributed by atoms with E-state index >= 15 is 0 Å². The van der Waals surface area contributed by atoms with Crippen LogP contribution < -0.4 is 5.73 Å². The largest absolute Gasteiger partial charge is 0.383 e. The number of aromatic nitrogens is 5. The molecule has 0 atom stereocenters. The van der Waals surface area contributed by atoms with Gasteiger partial charge in [-0.1, -0.05) is 12.8 Å². The van der Waals surface area contributed by atoms with Crippen LogP contribution in [0.5, 0.6) is 0 Å². The summed E-state index contributed by atoms with van der Waals surface area (Å²) in [7, 11) is 0. The van der Waals surface area contributed by atoms with Crippen LogP contribution in [0, 0.1) is 0 Å². The van der Waals surface area contributed by atoms with Gasteiger partial charge in [-0.05, 0) is 28.8 Å². The second-order valence-corrected chi connectivity index (χ2v) is 6.25.